The van der Waals surface area contributed by atoms with Gasteiger partial charge in [-0.05, 0) is 39.3 Å². The van der Waals surface area contributed by atoms with Gasteiger partial charge in [0.25, 0.3) is 0 Å². The molecule has 0 atom stereocenters. The van der Waals surface area contributed by atoms with Crippen LogP contribution in [0.1, 0.15) is 27.7 Å². The first-order valence-electron chi connectivity index (χ1n) is 9.50. The highest BCUT2D eigenvalue weighted by molar-refractivity contribution is 6.47. The van der Waals surface area contributed by atoms with Crippen LogP contribution >= 0.6 is 0 Å². The number of rotatable bonds is 5. The van der Waals surface area contributed by atoms with Gasteiger partial charge in [-0.15, -0.1) is 0 Å². The first-order valence-corrected chi connectivity index (χ1v) is 9.50. The van der Waals surface area contributed by atoms with E-state index < -0.39 is 11.2 Å². The standard InChI is InChI=1S/C24H24BO3/c1-23(2,26)24(3,4)28-25-17-14-12-16(13-15-17)18-9-7-10-20-19-8-5-6-11-21(19)27-22(18)20/h5-15,26H,1-4H3. The molecular formula is C24H24BO3. The molecule has 141 valence electrons. The Morgan fingerprint density at radius 3 is 2.21 bits per heavy atom. The summed E-state index contributed by atoms with van der Waals surface area (Å²) in [6, 6.07) is 22.5. The number of para-hydroxylation sites is 2. The summed E-state index contributed by atoms with van der Waals surface area (Å²) in [5.41, 5.74) is 3.27. The lowest BCUT2D eigenvalue weighted by atomic mass is 9.82. The van der Waals surface area contributed by atoms with Gasteiger partial charge in [0, 0.05) is 16.3 Å². The maximum Gasteiger partial charge on any atom is 0.330 e. The van der Waals surface area contributed by atoms with Crippen molar-refractivity contribution in [1.29, 1.82) is 0 Å². The monoisotopic (exact) mass is 371 g/mol. The molecule has 1 radical (unpaired) electrons. The Kier molecular flexibility index (Phi) is 4.57. The minimum Gasteiger partial charge on any atom is -0.455 e. The molecule has 0 bridgehead atoms. The Balaban J connectivity index is 1.63. The fourth-order valence-electron chi connectivity index (χ4n) is 3.08. The quantitative estimate of drug-likeness (QED) is 0.499. The van der Waals surface area contributed by atoms with Crippen LogP contribution in [0.2, 0.25) is 0 Å². The lowest BCUT2D eigenvalue weighted by Gasteiger charge is -2.37. The molecule has 0 amide bonds. The van der Waals surface area contributed by atoms with Crippen LogP contribution in [-0.4, -0.2) is 23.8 Å². The van der Waals surface area contributed by atoms with Crippen molar-refractivity contribution in [2.75, 3.05) is 0 Å². The van der Waals surface area contributed by atoms with E-state index in [1.807, 2.05) is 44.2 Å². The Bertz CT molecular complexity index is 1120. The van der Waals surface area contributed by atoms with E-state index in [-0.39, 0.29) is 0 Å². The molecule has 0 unspecified atom stereocenters. The molecule has 1 N–H and O–H groups in total. The second kappa shape index (κ2) is 6.80. The van der Waals surface area contributed by atoms with Crippen LogP contribution in [0.3, 0.4) is 0 Å². The maximum atomic E-state index is 10.2. The van der Waals surface area contributed by atoms with Gasteiger partial charge in [0.2, 0.25) is 0 Å². The third-order valence-corrected chi connectivity index (χ3v) is 5.59. The Hall–Kier alpha value is -2.56. The van der Waals surface area contributed by atoms with E-state index in [2.05, 4.69) is 36.4 Å². The van der Waals surface area contributed by atoms with Gasteiger partial charge in [-0.25, -0.2) is 0 Å². The third-order valence-electron chi connectivity index (χ3n) is 5.59. The fraction of sp³-hybridized carbons (Fsp3) is 0.250. The van der Waals surface area contributed by atoms with E-state index in [0.717, 1.165) is 38.5 Å². The largest absolute Gasteiger partial charge is 0.455 e. The highest BCUT2D eigenvalue weighted by Gasteiger charge is 2.35. The fourth-order valence-corrected chi connectivity index (χ4v) is 3.08. The van der Waals surface area contributed by atoms with Crippen molar-refractivity contribution in [3.63, 3.8) is 0 Å². The highest BCUT2D eigenvalue weighted by Crippen LogP contribution is 2.35. The molecule has 0 fully saturated rings. The predicted molar refractivity (Wildman–Crippen MR) is 116 cm³/mol. The van der Waals surface area contributed by atoms with Crippen molar-refractivity contribution >= 4 is 34.9 Å². The minimum atomic E-state index is -0.944. The maximum absolute atomic E-state index is 10.2. The summed E-state index contributed by atoms with van der Waals surface area (Å²) in [5, 5.41) is 12.5. The Morgan fingerprint density at radius 1 is 0.821 bits per heavy atom. The molecule has 3 aromatic carbocycles. The van der Waals surface area contributed by atoms with Crippen LogP contribution < -0.4 is 5.46 Å². The number of furan rings is 1. The number of benzene rings is 3. The van der Waals surface area contributed by atoms with E-state index >= 15 is 0 Å². The van der Waals surface area contributed by atoms with Gasteiger partial charge in [-0.3, -0.25) is 0 Å². The van der Waals surface area contributed by atoms with Crippen LogP contribution in [-0.2, 0) is 4.65 Å². The average Bonchev–Trinajstić information content (AvgIpc) is 3.05. The molecule has 0 saturated heterocycles. The lowest BCUT2D eigenvalue weighted by molar-refractivity contribution is -0.0893. The second-order valence-electron chi connectivity index (χ2n) is 8.21. The lowest BCUT2D eigenvalue weighted by Crippen LogP contribution is -2.49. The SMILES string of the molecule is CC(C)(O)C(C)(C)O[B]c1ccc(-c2cccc3c2oc2ccccc23)cc1. The van der Waals surface area contributed by atoms with E-state index in [0.29, 0.717) is 0 Å². The van der Waals surface area contributed by atoms with Gasteiger partial charge >= 0.3 is 7.48 Å². The van der Waals surface area contributed by atoms with Gasteiger partial charge < -0.3 is 14.2 Å². The molecule has 1 aromatic heterocycles. The molecule has 4 rings (SSSR count). The molecule has 0 aliphatic rings. The second-order valence-corrected chi connectivity index (χ2v) is 8.21. The van der Waals surface area contributed by atoms with Gasteiger partial charge in [0.05, 0.1) is 11.2 Å². The van der Waals surface area contributed by atoms with Gasteiger partial charge in [-0.2, -0.15) is 0 Å². The zero-order chi connectivity index (χ0) is 19.9. The zero-order valence-electron chi connectivity index (χ0n) is 16.7. The number of aliphatic hydroxyl groups is 1. The Morgan fingerprint density at radius 2 is 1.50 bits per heavy atom. The van der Waals surface area contributed by atoms with Crippen molar-refractivity contribution in [3.05, 3.63) is 66.7 Å². The summed E-state index contributed by atoms with van der Waals surface area (Å²) in [7, 11) is 1.70. The highest BCUT2D eigenvalue weighted by atomic mass is 16.5. The van der Waals surface area contributed by atoms with Gasteiger partial charge in [0.15, 0.2) is 0 Å². The molecule has 1 heterocycles. The normalized spacial score (nSPS) is 12.6. The Labute approximate surface area is 166 Å². The molecule has 0 saturated carbocycles. The van der Waals surface area contributed by atoms with Crippen LogP contribution in [0.25, 0.3) is 33.1 Å². The molecule has 4 heteroatoms. The van der Waals surface area contributed by atoms with Crippen molar-refractivity contribution in [2.45, 2.75) is 38.9 Å². The number of fused-ring (bicyclic) bond motifs is 3. The van der Waals surface area contributed by atoms with Gasteiger partial charge in [-0.1, -0.05) is 66.1 Å². The van der Waals surface area contributed by atoms with Crippen molar-refractivity contribution < 1.29 is 14.2 Å². The van der Waals surface area contributed by atoms with Crippen molar-refractivity contribution in [1.82, 2.24) is 0 Å². The predicted octanol–water partition coefficient (Wildman–Crippen LogP) is 5.06. The molecule has 0 aliphatic heterocycles. The first-order chi connectivity index (χ1) is 13.3. The number of hydrogen-bond donors (Lipinski definition) is 1. The van der Waals surface area contributed by atoms with Crippen LogP contribution in [0, 0.1) is 0 Å². The van der Waals surface area contributed by atoms with Crippen LogP contribution in [0.5, 0.6) is 0 Å². The zero-order valence-corrected chi connectivity index (χ0v) is 16.7. The molecule has 3 nitrogen and oxygen atoms in total. The molecule has 0 aliphatic carbocycles. The smallest absolute Gasteiger partial charge is 0.330 e. The summed E-state index contributed by atoms with van der Waals surface area (Å²) < 4.78 is 12.0. The van der Waals surface area contributed by atoms with E-state index in [1.165, 1.54) is 0 Å². The summed E-state index contributed by atoms with van der Waals surface area (Å²) in [4.78, 5) is 0. The summed E-state index contributed by atoms with van der Waals surface area (Å²) in [5.74, 6) is 0. The van der Waals surface area contributed by atoms with Gasteiger partial charge in [0.1, 0.15) is 11.2 Å². The molecule has 4 aromatic rings. The molecule has 0 spiro atoms. The van der Waals surface area contributed by atoms with Crippen LogP contribution in [0.15, 0.2) is 71.1 Å². The van der Waals surface area contributed by atoms with Crippen LogP contribution in [0.4, 0.5) is 0 Å². The summed E-state index contributed by atoms with van der Waals surface area (Å²) in [6.45, 7) is 7.25. The van der Waals surface area contributed by atoms with E-state index in [1.54, 1.807) is 21.3 Å². The summed E-state index contributed by atoms with van der Waals surface area (Å²) in [6.07, 6.45) is 0. The van der Waals surface area contributed by atoms with Crippen molar-refractivity contribution in [3.8, 4) is 11.1 Å². The summed E-state index contributed by atoms with van der Waals surface area (Å²) >= 11 is 0. The van der Waals surface area contributed by atoms with E-state index in [4.69, 9.17) is 9.07 Å². The van der Waals surface area contributed by atoms with E-state index in [9.17, 15) is 5.11 Å². The topological polar surface area (TPSA) is 42.6 Å². The van der Waals surface area contributed by atoms with Crippen molar-refractivity contribution in [2.24, 2.45) is 0 Å². The minimum absolute atomic E-state index is 0.689. The first kappa shape index (κ1) is 18.8. The number of hydrogen-bond acceptors (Lipinski definition) is 3. The average molecular weight is 371 g/mol. The molecular weight excluding hydrogens is 347 g/mol. The molecule has 28 heavy (non-hydrogen) atoms. The third kappa shape index (κ3) is 3.34.